The predicted octanol–water partition coefficient (Wildman–Crippen LogP) is 2.48. The van der Waals surface area contributed by atoms with E-state index in [0.717, 1.165) is 18.8 Å². The van der Waals surface area contributed by atoms with Crippen molar-refractivity contribution in [1.29, 1.82) is 0 Å². The van der Waals surface area contributed by atoms with E-state index in [1.54, 1.807) is 13.3 Å². The number of aromatic nitrogens is 1. The van der Waals surface area contributed by atoms with Crippen molar-refractivity contribution in [2.24, 2.45) is 0 Å². The summed E-state index contributed by atoms with van der Waals surface area (Å²) >= 11 is 0. The molecule has 1 aromatic heterocycles. The molecule has 4 nitrogen and oxygen atoms in total. The molecule has 4 heteroatoms. The molecule has 0 aliphatic carbocycles. The lowest BCUT2D eigenvalue weighted by Crippen LogP contribution is -2.30. The molecule has 1 N–H and O–H groups in total. The van der Waals surface area contributed by atoms with Crippen LogP contribution in [0.3, 0.4) is 0 Å². The van der Waals surface area contributed by atoms with Gasteiger partial charge in [0, 0.05) is 31.5 Å². The monoisotopic (exact) mass is 285 g/mol. The lowest BCUT2D eigenvalue weighted by molar-refractivity contribution is 0.340. The van der Waals surface area contributed by atoms with Gasteiger partial charge in [0.15, 0.2) is 0 Å². The second-order valence-corrected chi connectivity index (χ2v) is 5.33. The fraction of sp³-hybridized carbons (Fsp3) is 0.353. The topological polar surface area (TPSA) is 37.4 Å². The van der Waals surface area contributed by atoms with Gasteiger partial charge in [0.25, 0.3) is 0 Å². The zero-order chi connectivity index (χ0) is 15.1. The van der Waals surface area contributed by atoms with Gasteiger partial charge in [-0.2, -0.15) is 0 Å². The molecule has 0 spiro atoms. The number of nitrogens with one attached hydrogen (secondary N) is 1. The van der Waals surface area contributed by atoms with Crippen LogP contribution in [0.1, 0.15) is 17.2 Å². The maximum absolute atomic E-state index is 5.22. The molecular formula is C17H23N3O. The smallest absolute Gasteiger partial charge is 0.118 e. The van der Waals surface area contributed by atoms with E-state index in [0.29, 0.717) is 0 Å². The Kier molecular flexibility index (Phi) is 5.72. The van der Waals surface area contributed by atoms with E-state index in [1.165, 1.54) is 11.1 Å². The largest absolute Gasteiger partial charge is 0.497 e. The fourth-order valence-corrected chi connectivity index (χ4v) is 2.23. The highest BCUT2D eigenvalue weighted by molar-refractivity contribution is 5.29. The van der Waals surface area contributed by atoms with Gasteiger partial charge in [0.05, 0.1) is 7.11 Å². The summed E-state index contributed by atoms with van der Waals surface area (Å²) in [7, 11) is 5.86. The molecule has 1 unspecified atom stereocenters. The number of pyridine rings is 1. The van der Waals surface area contributed by atoms with Gasteiger partial charge in [-0.3, -0.25) is 4.98 Å². The summed E-state index contributed by atoms with van der Waals surface area (Å²) in [4.78, 5) is 6.34. The van der Waals surface area contributed by atoms with Gasteiger partial charge < -0.3 is 15.0 Å². The molecule has 1 aromatic carbocycles. The van der Waals surface area contributed by atoms with E-state index < -0.39 is 0 Å². The number of benzene rings is 1. The van der Waals surface area contributed by atoms with E-state index in [4.69, 9.17) is 4.74 Å². The minimum atomic E-state index is 0.270. The Bertz CT molecular complexity index is 525. The zero-order valence-electron chi connectivity index (χ0n) is 12.9. The Morgan fingerprint density at radius 1 is 1.19 bits per heavy atom. The lowest BCUT2D eigenvalue weighted by Gasteiger charge is -2.23. The molecule has 0 saturated heterocycles. The molecular weight excluding hydrogens is 262 g/mol. The molecule has 0 aliphatic rings. The van der Waals surface area contributed by atoms with Crippen molar-refractivity contribution in [3.8, 4) is 5.75 Å². The highest BCUT2D eigenvalue weighted by Gasteiger charge is 2.12. The molecule has 0 radical (unpaired) electrons. The third-order valence-corrected chi connectivity index (χ3v) is 3.34. The van der Waals surface area contributed by atoms with Crippen molar-refractivity contribution in [3.63, 3.8) is 0 Å². The van der Waals surface area contributed by atoms with Crippen LogP contribution in [0.4, 0.5) is 0 Å². The SMILES string of the molecule is COc1ccc(C(CN(C)C)NCc2cccnc2)cc1. The van der Waals surface area contributed by atoms with Crippen molar-refractivity contribution < 1.29 is 4.74 Å². The van der Waals surface area contributed by atoms with Crippen LogP contribution in [0.5, 0.6) is 5.75 Å². The number of hydrogen-bond donors (Lipinski definition) is 1. The zero-order valence-corrected chi connectivity index (χ0v) is 12.9. The first-order valence-electron chi connectivity index (χ1n) is 7.10. The Hall–Kier alpha value is -1.91. The molecule has 0 bridgehead atoms. The van der Waals surface area contributed by atoms with Crippen LogP contribution in [0.15, 0.2) is 48.8 Å². The standard InChI is InChI=1S/C17H23N3O/c1-20(2)13-17(15-6-8-16(21-3)9-7-15)19-12-14-5-4-10-18-11-14/h4-11,17,19H,12-13H2,1-3H3. The maximum Gasteiger partial charge on any atom is 0.118 e. The molecule has 0 saturated carbocycles. The quantitative estimate of drug-likeness (QED) is 0.848. The normalized spacial score (nSPS) is 12.4. The van der Waals surface area contributed by atoms with Gasteiger partial charge in [-0.1, -0.05) is 18.2 Å². The maximum atomic E-state index is 5.22. The van der Waals surface area contributed by atoms with Crippen LogP contribution >= 0.6 is 0 Å². The number of nitrogens with zero attached hydrogens (tertiary/aromatic N) is 2. The Balaban J connectivity index is 2.06. The van der Waals surface area contributed by atoms with E-state index in [1.807, 2.05) is 24.4 Å². The Morgan fingerprint density at radius 2 is 1.95 bits per heavy atom. The summed E-state index contributed by atoms with van der Waals surface area (Å²) in [5.41, 5.74) is 2.45. The van der Waals surface area contributed by atoms with Crippen LogP contribution in [0.25, 0.3) is 0 Å². The number of hydrogen-bond acceptors (Lipinski definition) is 4. The summed E-state index contributed by atoms with van der Waals surface area (Å²) in [6.45, 7) is 1.74. The summed E-state index contributed by atoms with van der Waals surface area (Å²) in [6.07, 6.45) is 3.69. The van der Waals surface area contributed by atoms with Gasteiger partial charge in [-0.05, 0) is 43.4 Å². The minimum Gasteiger partial charge on any atom is -0.497 e. The van der Waals surface area contributed by atoms with E-state index in [9.17, 15) is 0 Å². The molecule has 0 amide bonds. The molecule has 1 atom stereocenters. The van der Waals surface area contributed by atoms with Crippen molar-refractivity contribution >= 4 is 0 Å². The van der Waals surface area contributed by atoms with Gasteiger partial charge in [-0.15, -0.1) is 0 Å². The van der Waals surface area contributed by atoms with E-state index in [2.05, 4.69) is 47.5 Å². The van der Waals surface area contributed by atoms with Gasteiger partial charge in [0.2, 0.25) is 0 Å². The lowest BCUT2D eigenvalue weighted by atomic mass is 10.1. The molecule has 2 aromatic rings. The molecule has 0 aliphatic heterocycles. The predicted molar refractivity (Wildman–Crippen MR) is 85.4 cm³/mol. The highest BCUT2D eigenvalue weighted by atomic mass is 16.5. The third-order valence-electron chi connectivity index (χ3n) is 3.34. The first-order valence-corrected chi connectivity index (χ1v) is 7.10. The first-order chi connectivity index (χ1) is 10.2. The van der Waals surface area contributed by atoms with Crippen molar-refractivity contribution in [3.05, 3.63) is 59.9 Å². The van der Waals surface area contributed by atoms with Gasteiger partial charge in [0.1, 0.15) is 5.75 Å². The van der Waals surface area contributed by atoms with Crippen LogP contribution in [-0.4, -0.2) is 37.6 Å². The van der Waals surface area contributed by atoms with E-state index >= 15 is 0 Å². The fourth-order valence-electron chi connectivity index (χ4n) is 2.23. The average Bonchev–Trinajstić information content (AvgIpc) is 2.52. The van der Waals surface area contributed by atoms with Crippen LogP contribution in [-0.2, 0) is 6.54 Å². The Labute approximate surface area is 126 Å². The highest BCUT2D eigenvalue weighted by Crippen LogP contribution is 2.18. The Morgan fingerprint density at radius 3 is 2.52 bits per heavy atom. The summed E-state index contributed by atoms with van der Waals surface area (Å²) in [5, 5.41) is 3.60. The van der Waals surface area contributed by atoms with Crippen LogP contribution < -0.4 is 10.1 Å². The van der Waals surface area contributed by atoms with Gasteiger partial charge in [-0.25, -0.2) is 0 Å². The molecule has 2 rings (SSSR count). The summed E-state index contributed by atoms with van der Waals surface area (Å²) in [5.74, 6) is 0.884. The van der Waals surface area contributed by atoms with Crippen molar-refractivity contribution in [2.75, 3.05) is 27.7 Å². The summed E-state index contributed by atoms with van der Waals surface area (Å²) in [6, 6.07) is 12.6. The molecule has 21 heavy (non-hydrogen) atoms. The number of methoxy groups -OCH3 is 1. The summed E-state index contributed by atoms with van der Waals surface area (Å²) < 4.78 is 5.22. The first kappa shape index (κ1) is 15.5. The van der Waals surface area contributed by atoms with Crippen molar-refractivity contribution in [2.45, 2.75) is 12.6 Å². The van der Waals surface area contributed by atoms with Crippen LogP contribution in [0, 0.1) is 0 Å². The molecule has 112 valence electrons. The van der Waals surface area contributed by atoms with Crippen LogP contribution in [0.2, 0.25) is 0 Å². The minimum absolute atomic E-state index is 0.270. The average molecular weight is 285 g/mol. The second kappa shape index (κ2) is 7.76. The number of likely N-dealkylation sites (N-methyl/N-ethyl adjacent to an activating group) is 1. The van der Waals surface area contributed by atoms with Crippen molar-refractivity contribution in [1.82, 2.24) is 15.2 Å². The number of ether oxygens (including phenoxy) is 1. The third kappa shape index (κ3) is 4.85. The number of rotatable bonds is 7. The molecule has 1 heterocycles. The second-order valence-electron chi connectivity index (χ2n) is 5.33. The van der Waals surface area contributed by atoms with E-state index in [-0.39, 0.29) is 6.04 Å². The van der Waals surface area contributed by atoms with Gasteiger partial charge >= 0.3 is 0 Å². The molecule has 0 fully saturated rings.